The van der Waals surface area contributed by atoms with E-state index in [0.29, 0.717) is 47.0 Å². The van der Waals surface area contributed by atoms with E-state index in [9.17, 15) is 22.8 Å². The number of pyridine rings is 1. The van der Waals surface area contributed by atoms with Crippen molar-refractivity contribution in [3.63, 3.8) is 0 Å². The average Bonchev–Trinajstić information content (AvgIpc) is 3.40. The highest BCUT2D eigenvalue weighted by molar-refractivity contribution is 7.20. The maximum Gasteiger partial charge on any atom is 0.433 e. The molecule has 5 heterocycles. The molecule has 0 bridgehead atoms. The minimum Gasteiger partial charge on any atom is -0.335 e. The van der Waals surface area contributed by atoms with E-state index in [1.54, 1.807) is 28.3 Å². The molecule has 7 nitrogen and oxygen atoms in total. The van der Waals surface area contributed by atoms with Crippen LogP contribution >= 0.6 is 22.7 Å². The molecular formula is C21H20F3N5O2S2. The number of piperazine rings is 1. The second-order valence-electron chi connectivity index (χ2n) is 8.13. The van der Waals surface area contributed by atoms with E-state index < -0.39 is 11.9 Å². The fraction of sp³-hybridized carbons (Fsp3) is 0.429. The van der Waals surface area contributed by atoms with Gasteiger partial charge >= 0.3 is 6.18 Å². The van der Waals surface area contributed by atoms with Crippen LogP contribution in [0.5, 0.6) is 0 Å². The van der Waals surface area contributed by atoms with E-state index >= 15 is 0 Å². The number of fused-ring (bicyclic) bond motifs is 1. The molecule has 0 spiro atoms. The molecule has 0 unspecified atom stereocenters. The zero-order valence-corrected chi connectivity index (χ0v) is 19.3. The Labute approximate surface area is 195 Å². The molecule has 3 aromatic rings. The van der Waals surface area contributed by atoms with Crippen molar-refractivity contribution in [1.29, 1.82) is 0 Å². The number of hydrogen-bond acceptors (Lipinski definition) is 7. The van der Waals surface area contributed by atoms with Crippen molar-refractivity contribution in [3.8, 4) is 0 Å². The molecule has 0 aliphatic carbocycles. The van der Waals surface area contributed by atoms with Crippen molar-refractivity contribution in [2.45, 2.75) is 19.1 Å². The number of alkyl halides is 3. The van der Waals surface area contributed by atoms with Crippen LogP contribution in [0.1, 0.15) is 30.7 Å². The van der Waals surface area contributed by atoms with E-state index in [2.05, 4.69) is 14.9 Å². The molecular weight excluding hydrogens is 475 g/mol. The van der Waals surface area contributed by atoms with Gasteiger partial charge in [0.25, 0.3) is 11.8 Å². The maximum atomic E-state index is 13.0. The Morgan fingerprint density at radius 3 is 2.42 bits per heavy atom. The Hall–Kier alpha value is -2.57. The number of halogens is 3. The number of aromatic nitrogens is 2. The van der Waals surface area contributed by atoms with Crippen LogP contribution in [-0.2, 0) is 6.18 Å². The quantitative estimate of drug-likeness (QED) is 0.558. The average molecular weight is 496 g/mol. The summed E-state index contributed by atoms with van der Waals surface area (Å²) in [4.78, 5) is 39.7. The highest BCUT2D eigenvalue weighted by Gasteiger charge is 2.38. The molecule has 5 rings (SSSR count). The molecule has 0 N–H and O–H groups in total. The number of likely N-dealkylation sites (tertiary alicyclic amines) is 1. The smallest absolute Gasteiger partial charge is 0.335 e. The van der Waals surface area contributed by atoms with E-state index in [1.807, 2.05) is 0 Å². The molecule has 174 valence electrons. The van der Waals surface area contributed by atoms with Crippen LogP contribution in [0.15, 0.2) is 23.7 Å². The van der Waals surface area contributed by atoms with Gasteiger partial charge in [0.15, 0.2) is 5.01 Å². The molecule has 2 fully saturated rings. The van der Waals surface area contributed by atoms with Crippen LogP contribution in [-0.4, -0.2) is 81.8 Å². The molecule has 2 aliphatic rings. The van der Waals surface area contributed by atoms with Gasteiger partial charge < -0.3 is 9.80 Å². The van der Waals surface area contributed by atoms with Gasteiger partial charge in [-0.3, -0.25) is 14.5 Å². The maximum absolute atomic E-state index is 13.0. The Bertz CT molecular complexity index is 1200. The minimum atomic E-state index is -4.52. The number of carbonyl (C=O) groups is 2. The fourth-order valence-corrected chi connectivity index (χ4v) is 5.96. The summed E-state index contributed by atoms with van der Waals surface area (Å²) in [6, 6.07) is 2.56. The zero-order valence-electron chi connectivity index (χ0n) is 17.6. The standard InChI is InChI=1S/C21H20F3N5O2S2/c1-12-14-2-3-15(21(22,23)24)26-17(14)33-16(12)19(30)29-10-13(11-29)27-5-7-28(8-6-27)20(31)18-25-4-9-32-18/h2-4,9,13H,5-8,10-11H2,1H3. The molecule has 0 atom stereocenters. The summed E-state index contributed by atoms with van der Waals surface area (Å²) in [5.74, 6) is -0.213. The number of thiazole rings is 1. The molecule has 2 aliphatic heterocycles. The van der Waals surface area contributed by atoms with Gasteiger partial charge in [-0.25, -0.2) is 9.97 Å². The van der Waals surface area contributed by atoms with Gasteiger partial charge in [0, 0.05) is 62.3 Å². The lowest BCUT2D eigenvalue weighted by atomic mass is 10.0. The number of nitrogens with zero attached hydrogens (tertiary/aromatic N) is 5. The van der Waals surface area contributed by atoms with E-state index in [-0.39, 0.29) is 22.7 Å². The Kier molecular flexibility index (Phi) is 5.61. The van der Waals surface area contributed by atoms with Gasteiger partial charge in [0.05, 0.1) is 4.88 Å². The van der Waals surface area contributed by atoms with E-state index in [1.165, 1.54) is 17.4 Å². The normalized spacial score (nSPS) is 18.1. The second kappa shape index (κ2) is 8.33. The third kappa shape index (κ3) is 4.11. The molecule has 3 aromatic heterocycles. The number of carbonyl (C=O) groups excluding carboxylic acids is 2. The van der Waals surface area contributed by atoms with Crippen LogP contribution in [0, 0.1) is 6.92 Å². The summed E-state index contributed by atoms with van der Waals surface area (Å²) in [7, 11) is 0. The highest BCUT2D eigenvalue weighted by atomic mass is 32.1. The minimum absolute atomic E-state index is 0.0439. The van der Waals surface area contributed by atoms with Crippen LogP contribution in [0.25, 0.3) is 10.2 Å². The summed E-state index contributed by atoms with van der Waals surface area (Å²) in [5.41, 5.74) is -0.286. The van der Waals surface area contributed by atoms with Crippen LogP contribution in [0.2, 0.25) is 0 Å². The van der Waals surface area contributed by atoms with Gasteiger partial charge in [-0.1, -0.05) is 0 Å². The number of aryl methyl sites for hydroxylation is 1. The van der Waals surface area contributed by atoms with Crippen LogP contribution in [0.3, 0.4) is 0 Å². The zero-order chi connectivity index (χ0) is 23.3. The molecule has 12 heteroatoms. The molecule has 0 saturated carbocycles. The van der Waals surface area contributed by atoms with Crippen molar-refractivity contribution in [3.05, 3.63) is 44.9 Å². The first-order chi connectivity index (χ1) is 15.7. The van der Waals surface area contributed by atoms with Crippen LogP contribution in [0.4, 0.5) is 13.2 Å². The Morgan fingerprint density at radius 2 is 1.79 bits per heavy atom. The summed E-state index contributed by atoms with van der Waals surface area (Å²) >= 11 is 2.35. The number of thiophene rings is 1. The molecule has 0 aromatic carbocycles. The van der Waals surface area contributed by atoms with Crippen molar-refractivity contribution in [2.24, 2.45) is 0 Å². The number of rotatable bonds is 3. The predicted octanol–water partition coefficient (Wildman–Crippen LogP) is 3.36. The van der Waals surface area contributed by atoms with Gasteiger partial charge in [-0.05, 0) is 24.6 Å². The fourth-order valence-electron chi connectivity index (χ4n) is 4.21. The highest BCUT2D eigenvalue weighted by Crippen LogP contribution is 2.35. The third-order valence-corrected chi connectivity index (χ3v) is 8.12. The molecule has 33 heavy (non-hydrogen) atoms. The summed E-state index contributed by atoms with van der Waals surface area (Å²) in [5, 5.41) is 2.86. The Balaban J connectivity index is 1.19. The van der Waals surface area contributed by atoms with Crippen LogP contribution < -0.4 is 0 Å². The first-order valence-electron chi connectivity index (χ1n) is 10.4. The van der Waals surface area contributed by atoms with Crippen molar-refractivity contribution < 1.29 is 22.8 Å². The van der Waals surface area contributed by atoms with Gasteiger partial charge in [-0.15, -0.1) is 22.7 Å². The first-order valence-corrected chi connectivity index (χ1v) is 12.1. The van der Waals surface area contributed by atoms with Gasteiger partial charge in [0.1, 0.15) is 10.5 Å². The lowest BCUT2D eigenvalue weighted by Crippen LogP contribution is -2.64. The summed E-state index contributed by atoms with van der Waals surface area (Å²) in [6.45, 7) is 5.57. The van der Waals surface area contributed by atoms with Gasteiger partial charge in [-0.2, -0.15) is 13.2 Å². The van der Waals surface area contributed by atoms with Crippen molar-refractivity contribution >= 4 is 44.7 Å². The number of amides is 2. The van der Waals surface area contributed by atoms with E-state index in [4.69, 9.17) is 0 Å². The summed E-state index contributed by atoms with van der Waals surface area (Å²) in [6.07, 6.45) is -2.90. The first kappa shape index (κ1) is 22.2. The largest absolute Gasteiger partial charge is 0.433 e. The van der Waals surface area contributed by atoms with Gasteiger partial charge in [0.2, 0.25) is 0 Å². The summed E-state index contributed by atoms with van der Waals surface area (Å²) < 4.78 is 38.9. The molecule has 2 amide bonds. The second-order valence-corrected chi connectivity index (χ2v) is 10.0. The Morgan fingerprint density at radius 1 is 1.06 bits per heavy atom. The third-order valence-electron chi connectivity index (χ3n) is 6.17. The lowest BCUT2D eigenvalue weighted by molar-refractivity contribution is -0.140. The van der Waals surface area contributed by atoms with Crippen molar-refractivity contribution in [1.82, 2.24) is 24.7 Å². The SMILES string of the molecule is Cc1c(C(=O)N2CC(N3CCN(C(=O)c4nccs4)CC3)C2)sc2nc(C(F)(F)F)ccc12. The predicted molar refractivity (Wildman–Crippen MR) is 119 cm³/mol. The van der Waals surface area contributed by atoms with Crippen molar-refractivity contribution in [2.75, 3.05) is 39.3 Å². The number of hydrogen-bond donors (Lipinski definition) is 0. The topological polar surface area (TPSA) is 69.6 Å². The van der Waals surface area contributed by atoms with E-state index in [0.717, 1.165) is 30.5 Å². The lowest BCUT2D eigenvalue weighted by Gasteiger charge is -2.48. The molecule has 0 radical (unpaired) electrons. The molecule has 2 saturated heterocycles. The monoisotopic (exact) mass is 495 g/mol.